The van der Waals surface area contributed by atoms with Crippen LogP contribution in [0.5, 0.6) is 5.75 Å². The van der Waals surface area contributed by atoms with E-state index in [0.717, 1.165) is 8.95 Å². The minimum atomic E-state index is -0.236. The molecule has 0 unspecified atom stereocenters. The second kappa shape index (κ2) is 8.31. The Kier molecular flexibility index (Phi) is 6.42. The fourth-order valence-electron chi connectivity index (χ4n) is 1.79. The molecular formula is C16H15Br2NO3. The predicted molar refractivity (Wildman–Crippen MR) is 93.6 cm³/mol. The maximum Gasteiger partial charge on any atom is 0.259 e. The molecule has 0 aliphatic carbocycles. The molecule has 0 spiro atoms. The molecule has 0 fully saturated rings. The van der Waals surface area contributed by atoms with E-state index >= 15 is 0 Å². The Balaban J connectivity index is 2.20. The van der Waals surface area contributed by atoms with Crippen molar-refractivity contribution in [1.29, 1.82) is 0 Å². The minimum absolute atomic E-state index is 0.236. The molecule has 0 saturated heterocycles. The van der Waals surface area contributed by atoms with Gasteiger partial charge in [-0.15, -0.1) is 0 Å². The SMILES string of the molecule is COCCOc1ccc(Br)cc1C(=O)Nc1ccccc1Br. The molecule has 2 aromatic carbocycles. The van der Waals surface area contributed by atoms with Crippen molar-refractivity contribution in [3.8, 4) is 5.75 Å². The number of carbonyl (C=O) groups is 1. The molecule has 6 heteroatoms. The van der Waals surface area contributed by atoms with Gasteiger partial charge in [0, 0.05) is 16.1 Å². The van der Waals surface area contributed by atoms with Gasteiger partial charge in [0.2, 0.25) is 0 Å². The van der Waals surface area contributed by atoms with Crippen LogP contribution in [-0.4, -0.2) is 26.2 Å². The maximum atomic E-state index is 12.5. The normalized spacial score (nSPS) is 10.3. The Labute approximate surface area is 146 Å². The molecule has 0 radical (unpaired) electrons. The van der Waals surface area contributed by atoms with Crippen LogP contribution in [-0.2, 0) is 4.74 Å². The van der Waals surface area contributed by atoms with E-state index in [4.69, 9.17) is 9.47 Å². The summed E-state index contributed by atoms with van der Waals surface area (Å²) in [7, 11) is 1.60. The van der Waals surface area contributed by atoms with Crippen molar-refractivity contribution in [2.45, 2.75) is 0 Å². The van der Waals surface area contributed by atoms with Crippen LogP contribution in [0.15, 0.2) is 51.4 Å². The third-order valence-electron chi connectivity index (χ3n) is 2.85. The van der Waals surface area contributed by atoms with E-state index in [1.165, 1.54) is 0 Å². The van der Waals surface area contributed by atoms with Gasteiger partial charge in [-0.1, -0.05) is 28.1 Å². The van der Waals surface area contributed by atoms with Crippen molar-refractivity contribution in [2.24, 2.45) is 0 Å². The highest BCUT2D eigenvalue weighted by molar-refractivity contribution is 9.10. The molecule has 0 bridgehead atoms. The zero-order valence-electron chi connectivity index (χ0n) is 11.9. The third kappa shape index (κ3) is 4.56. The fraction of sp³-hybridized carbons (Fsp3) is 0.188. The highest BCUT2D eigenvalue weighted by Crippen LogP contribution is 2.26. The lowest BCUT2D eigenvalue weighted by molar-refractivity contribution is 0.101. The highest BCUT2D eigenvalue weighted by Gasteiger charge is 2.14. The van der Waals surface area contributed by atoms with Crippen LogP contribution < -0.4 is 10.1 Å². The van der Waals surface area contributed by atoms with Crippen LogP contribution in [0.1, 0.15) is 10.4 Å². The van der Waals surface area contributed by atoms with Gasteiger partial charge in [0.05, 0.1) is 17.9 Å². The number of carbonyl (C=O) groups excluding carboxylic acids is 1. The number of ether oxygens (including phenoxy) is 2. The standard InChI is InChI=1S/C16H15Br2NO3/c1-21-8-9-22-15-7-6-11(17)10-12(15)16(20)19-14-5-3-2-4-13(14)18/h2-7,10H,8-9H2,1H3,(H,19,20). The van der Waals surface area contributed by atoms with Crippen molar-refractivity contribution >= 4 is 43.5 Å². The maximum absolute atomic E-state index is 12.5. The van der Waals surface area contributed by atoms with Crippen molar-refractivity contribution < 1.29 is 14.3 Å². The molecule has 2 rings (SSSR count). The number of halogens is 2. The first-order valence-corrected chi connectivity index (χ1v) is 8.17. The number of methoxy groups -OCH3 is 1. The first-order chi connectivity index (χ1) is 10.6. The second-order valence-electron chi connectivity index (χ2n) is 4.42. The van der Waals surface area contributed by atoms with Crippen LogP contribution >= 0.6 is 31.9 Å². The Morgan fingerprint density at radius 1 is 1.14 bits per heavy atom. The zero-order valence-corrected chi connectivity index (χ0v) is 15.1. The fourth-order valence-corrected chi connectivity index (χ4v) is 2.54. The molecule has 0 aliphatic rings. The number of nitrogens with one attached hydrogen (secondary N) is 1. The topological polar surface area (TPSA) is 47.6 Å². The summed E-state index contributed by atoms with van der Waals surface area (Å²) >= 11 is 6.79. The van der Waals surface area contributed by atoms with E-state index in [9.17, 15) is 4.79 Å². The first-order valence-electron chi connectivity index (χ1n) is 6.59. The summed E-state index contributed by atoms with van der Waals surface area (Å²) < 4.78 is 12.2. The van der Waals surface area contributed by atoms with Crippen LogP contribution in [0.25, 0.3) is 0 Å². The Hall–Kier alpha value is -1.37. The van der Waals surface area contributed by atoms with Gasteiger partial charge in [0.1, 0.15) is 12.4 Å². The van der Waals surface area contributed by atoms with Gasteiger partial charge >= 0.3 is 0 Å². The van der Waals surface area contributed by atoms with E-state index in [0.29, 0.717) is 30.2 Å². The van der Waals surface area contributed by atoms with Gasteiger partial charge in [-0.3, -0.25) is 4.79 Å². The lowest BCUT2D eigenvalue weighted by Gasteiger charge is -2.12. The number of benzene rings is 2. The lowest BCUT2D eigenvalue weighted by atomic mass is 10.2. The molecule has 0 atom stereocenters. The van der Waals surface area contributed by atoms with Crippen molar-refractivity contribution in [2.75, 3.05) is 25.6 Å². The highest BCUT2D eigenvalue weighted by atomic mass is 79.9. The molecule has 0 aliphatic heterocycles. The lowest BCUT2D eigenvalue weighted by Crippen LogP contribution is -2.15. The van der Waals surface area contributed by atoms with Crippen LogP contribution in [0.3, 0.4) is 0 Å². The Bertz CT molecular complexity index is 662. The molecule has 4 nitrogen and oxygen atoms in total. The van der Waals surface area contributed by atoms with Gasteiger partial charge in [0.25, 0.3) is 5.91 Å². The van der Waals surface area contributed by atoms with Gasteiger partial charge < -0.3 is 14.8 Å². The summed E-state index contributed by atoms with van der Waals surface area (Å²) in [6.07, 6.45) is 0. The average molecular weight is 429 g/mol. The number of rotatable bonds is 6. The van der Waals surface area contributed by atoms with Crippen molar-refractivity contribution in [3.63, 3.8) is 0 Å². The van der Waals surface area contributed by atoms with E-state index in [1.54, 1.807) is 19.2 Å². The molecule has 116 valence electrons. The van der Waals surface area contributed by atoms with E-state index in [1.807, 2.05) is 30.3 Å². The number of para-hydroxylation sites is 1. The van der Waals surface area contributed by atoms with Gasteiger partial charge in [0.15, 0.2) is 0 Å². The molecule has 0 saturated carbocycles. The Morgan fingerprint density at radius 2 is 1.91 bits per heavy atom. The zero-order chi connectivity index (χ0) is 15.9. The average Bonchev–Trinajstić information content (AvgIpc) is 2.51. The minimum Gasteiger partial charge on any atom is -0.490 e. The van der Waals surface area contributed by atoms with E-state index in [-0.39, 0.29) is 5.91 Å². The summed E-state index contributed by atoms with van der Waals surface area (Å²) in [5, 5.41) is 2.87. The van der Waals surface area contributed by atoms with Crippen LogP contribution in [0.4, 0.5) is 5.69 Å². The van der Waals surface area contributed by atoms with Crippen molar-refractivity contribution in [3.05, 3.63) is 57.0 Å². The number of hydrogen-bond acceptors (Lipinski definition) is 3. The van der Waals surface area contributed by atoms with Gasteiger partial charge in [-0.2, -0.15) is 0 Å². The van der Waals surface area contributed by atoms with Crippen LogP contribution in [0, 0.1) is 0 Å². The third-order valence-corrected chi connectivity index (χ3v) is 4.04. The first kappa shape index (κ1) is 17.0. The Morgan fingerprint density at radius 3 is 2.64 bits per heavy atom. The van der Waals surface area contributed by atoms with Gasteiger partial charge in [-0.25, -0.2) is 0 Å². The monoisotopic (exact) mass is 427 g/mol. The van der Waals surface area contributed by atoms with Gasteiger partial charge in [-0.05, 0) is 46.3 Å². The molecule has 0 heterocycles. The summed E-state index contributed by atoms with van der Waals surface area (Å²) in [5.74, 6) is 0.283. The summed E-state index contributed by atoms with van der Waals surface area (Å²) in [4.78, 5) is 12.5. The molecule has 1 N–H and O–H groups in total. The molecular weight excluding hydrogens is 414 g/mol. The predicted octanol–water partition coefficient (Wildman–Crippen LogP) is 4.49. The quantitative estimate of drug-likeness (QED) is 0.689. The smallest absolute Gasteiger partial charge is 0.259 e. The second-order valence-corrected chi connectivity index (χ2v) is 6.19. The van der Waals surface area contributed by atoms with E-state index < -0.39 is 0 Å². The van der Waals surface area contributed by atoms with Crippen LogP contribution in [0.2, 0.25) is 0 Å². The molecule has 0 aromatic heterocycles. The molecule has 22 heavy (non-hydrogen) atoms. The molecule has 2 aromatic rings. The summed E-state index contributed by atoms with van der Waals surface area (Å²) in [6.45, 7) is 0.842. The number of amides is 1. The number of anilines is 1. The number of hydrogen-bond donors (Lipinski definition) is 1. The van der Waals surface area contributed by atoms with Crippen molar-refractivity contribution in [1.82, 2.24) is 0 Å². The largest absolute Gasteiger partial charge is 0.490 e. The summed E-state index contributed by atoms with van der Waals surface area (Å²) in [5.41, 5.74) is 1.16. The summed E-state index contributed by atoms with van der Waals surface area (Å²) in [6, 6.07) is 12.8. The molecule has 1 amide bonds. The van der Waals surface area contributed by atoms with E-state index in [2.05, 4.69) is 37.2 Å².